The Hall–Kier alpha value is -3.73. The SMILES string of the molecule is CC12c3ccccc3C(C)(c3ccccc31)C1C(=O)N(c3ccc(C(=O)O)cc3)C(=O)C12. The second-order valence-corrected chi connectivity index (χ2v) is 9.32. The molecule has 0 radical (unpaired) electrons. The van der Waals surface area contributed by atoms with Crippen molar-refractivity contribution in [1.29, 1.82) is 0 Å². The van der Waals surface area contributed by atoms with Crippen molar-refractivity contribution in [3.8, 4) is 0 Å². The van der Waals surface area contributed by atoms with Crippen molar-refractivity contribution < 1.29 is 19.5 Å². The molecule has 3 aliphatic carbocycles. The summed E-state index contributed by atoms with van der Waals surface area (Å²) in [6.45, 7) is 4.17. The van der Waals surface area contributed by atoms with E-state index in [1.807, 2.05) is 24.3 Å². The van der Waals surface area contributed by atoms with E-state index in [-0.39, 0.29) is 17.4 Å². The Kier molecular flexibility index (Phi) is 3.53. The molecule has 0 aromatic heterocycles. The normalized spacial score (nSPS) is 29.5. The summed E-state index contributed by atoms with van der Waals surface area (Å²) >= 11 is 0. The van der Waals surface area contributed by atoms with Gasteiger partial charge in [-0.2, -0.15) is 0 Å². The number of carbonyl (C=O) groups excluding carboxylic acids is 2. The molecule has 1 N–H and O–H groups in total. The Morgan fingerprint density at radius 1 is 0.719 bits per heavy atom. The minimum Gasteiger partial charge on any atom is -0.478 e. The standard InChI is InChI=1S/C27H21NO4/c1-26-17-7-3-5-9-19(17)27(2,20-10-6-4-8-18(20)26)22-21(26)23(29)28(24(22)30)16-13-11-15(12-14-16)25(31)32/h3-14,21-22H,1-2H3,(H,31,32). The maximum absolute atomic E-state index is 13.9. The van der Waals surface area contributed by atoms with Crippen LogP contribution in [-0.2, 0) is 20.4 Å². The average Bonchev–Trinajstić information content (AvgIpc) is 3.08. The highest BCUT2D eigenvalue weighted by Crippen LogP contribution is 2.66. The van der Waals surface area contributed by atoms with Crippen molar-refractivity contribution in [3.05, 3.63) is 101 Å². The fourth-order valence-electron chi connectivity index (χ4n) is 6.58. The van der Waals surface area contributed by atoms with Gasteiger partial charge in [0.25, 0.3) is 0 Å². The number of nitrogens with zero attached hydrogens (tertiary/aromatic N) is 1. The number of aromatic carboxylic acids is 1. The second-order valence-electron chi connectivity index (χ2n) is 9.32. The van der Waals surface area contributed by atoms with Crippen LogP contribution in [-0.4, -0.2) is 22.9 Å². The number of amides is 2. The Bertz CT molecular complexity index is 1220. The third-order valence-corrected chi connectivity index (χ3v) is 8.01. The molecule has 7 rings (SSSR count). The zero-order valence-electron chi connectivity index (χ0n) is 17.7. The molecule has 1 heterocycles. The lowest BCUT2D eigenvalue weighted by Gasteiger charge is -2.57. The van der Waals surface area contributed by atoms with Gasteiger partial charge < -0.3 is 5.11 Å². The van der Waals surface area contributed by atoms with Crippen LogP contribution < -0.4 is 4.90 Å². The van der Waals surface area contributed by atoms with Gasteiger partial charge in [0.1, 0.15) is 0 Å². The summed E-state index contributed by atoms with van der Waals surface area (Å²) in [5.74, 6) is -2.54. The zero-order chi connectivity index (χ0) is 22.4. The van der Waals surface area contributed by atoms with Crippen LogP contribution in [0, 0.1) is 11.8 Å². The maximum Gasteiger partial charge on any atom is 0.335 e. The number of hydrogen-bond acceptors (Lipinski definition) is 3. The number of imide groups is 1. The van der Waals surface area contributed by atoms with Crippen molar-refractivity contribution in [1.82, 2.24) is 0 Å². The van der Waals surface area contributed by atoms with E-state index in [0.717, 1.165) is 22.3 Å². The molecule has 0 saturated carbocycles. The van der Waals surface area contributed by atoms with E-state index in [1.165, 1.54) is 17.0 Å². The molecule has 2 amide bonds. The molecule has 3 aromatic rings. The molecule has 32 heavy (non-hydrogen) atoms. The summed E-state index contributed by atoms with van der Waals surface area (Å²) in [4.78, 5) is 40.4. The van der Waals surface area contributed by atoms with E-state index in [2.05, 4.69) is 38.1 Å². The number of rotatable bonds is 2. The van der Waals surface area contributed by atoms with E-state index >= 15 is 0 Å². The van der Waals surface area contributed by atoms with Crippen molar-refractivity contribution in [2.75, 3.05) is 4.90 Å². The van der Waals surface area contributed by atoms with Gasteiger partial charge in [0, 0.05) is 10.8 Å². The lowest BCUT2D eigenvalue weighted by Crippen LogP contribution is -2.59. The van der Waals surface area contributed by atoms with Crippen molar-refractivity contribution >= 4 is 23.5 Å². The van der Waals surface area contributed by atoms with Crippen LogP contribution in [0.15, 0.2) is 72.8 Å². The van der Waals surface area contributed by atoms with Crippen molar-refractivity contribution in [3.63, 3.8) is 0 Å². The highest BCUT2D eigenvalue weighted by Gasteiger charge is 2.70. The van der Waals surface area contributed by atoms with E-state index in [0.29, 0.717) is 5.69 Å². The molecule has 1 aliphatic heterocycles. The largest absolute Gasteiger partial charge is 0.478 e. The van der Waals surface area contributed by atoms with Gasteiger partial charge >= 0.3 is 5.97 Å². The van der Waals surface area contributed by atoms with Crippen LogP contribution >= 0.6 is 0 Å². The first-order chi connectivity index (χ1) is 15.3. The molecule has 158 valence electrons. The molecule has 5 nitrogen and oxygen atoms in total. The summed E-state index contributed by atoms with van der Waals surface area (Å²) in [6.07, 6.45) is 0. The van der Waals surface area contributed by atoms with Gasteiger partial charge in [-0.05, 0) is 46.5 Å². The maximum atomic E-state index is 13.9. The molecule has 0 spiro atoms. The summed E-state index contributed by atoms with van der Waals surface area (Å²) in [6, 6.07) is 22.3. The summed E-state index contributed by atoms with van der Waals surface area (Å²) < 4.78 is 0. The van der Waals surface area contributed by atoms with Gasteiger partial charge in [-0.25, -0.2) is 9.69 Å². The molecule has 4 aliphatic rings. The van der Waals surface area contributed by atoms with Crippen LogP contribution in [0.1, 0.15) is 46.5 Å². The first-order valence-electron chi connectivity index (χ1n) is 10.7. The van der Waals surface area contributed by atoms with Crippen LogP contribution in [0.25, 0.3) is 0 Å². The van der Waals surface area contributed by atoms with Crippen LogP contribution in [0.5, 0.6) is 0 Å². The highest BCUT2D eigenvalue weighted by atomic mass is 16.4. The summed E-state index contributed by atoms with van der Waals surface area (Å²) in [7, 11) is 0. The smallest absolute Gasteiger partial charge is 0.335 e. The quantitative estimate of drug-likeness (QED) is 0.629. The number of benzene rings is 3. The van der Waals surface area contributed by atoms with Crippen LogP contribution in [0.4, 0.5) is 5.69 Å². The minimum absolute atomic E-state index is 0.115. The number of hydrogen-bond donors (Lipinski definition) is 1. The molecule has 5 heteroatoms. The molecular formula is C27H21NO4. The molecule has 2 bridgehead atoms. The summed E-state index contributed by atoms with van der Waals surface area (Å²) in [5, 5.41) is 9.21. The Balaban J connectivity index is 1.60. The van der Waals surface area contributed by atoms with Crippen LogP contribution in [0.3, 0.4) is 0 Å². The predicted octanol–water partition coefficient (Wildman–Crippen LogP) is 4.13. The lowest BCUT2D eigenvalue weighted by molar-refractivity contribution is -0.124. The Morgan fingerprint density at radius 3 is 1.44 bits per heavy atom. The van der Waals surface area contributed by atoms with E-state index in [9.17, 15) is 19.5 Å². The van der Waals surface area contributed by atoms with E-state index in [1.54, 1.807) is 12.1 Å². The van der Waals surface area contributed by atoms with E-state index in [4.69, 9.17) is 0 Å². The molecule has 1 saturated heterocycles. The number of anilines is 1. The third-order valence-electron chi connectivity index (χ3n) is 8.01. The van der Waals surface area contributed by atoms with Gasteiger partial charge in [-0.3, -0.25) is 9.59 Å². The fourth-order valence-corrected chi connectivity index (χ4v) is 6.58. The van der Waals surface area contributed by atoms with Crippen molar-refractivity contribution in [2.24, 2.45) is 11.8 Å². The molecule has 3 aromatic carbocycles. The molecular weight excluding hydrogens is 402 g/mol. The lowest BCUT2D eigenvalue weighted by atomic mass is 9.42. The van der Waals surface area contributed by atoms with Crippen molar-refractivity contribution in [2.45, 2.75) is 24.7 Å². The molecule has 2 unspecified atom stereocenters. The van der Waals surface area contributed by atoms with Crippen LogP contribution in [0.2, 0.25) is 0 Å². The molecule has 1 fully saturated rings. The number of carboxylic acid groups (broad SMARTS) is 1. The van der Waals surface area contributed by atoms with Gasteiger partial charge in [-0.15, -0.1) is 0 Å². The van der Waals surface area contributed by atoms with Gasteiger partial charge in [0.2, 0.25) is 11.8 Å². The predicted molar refractivity (Wildman–Crippen MR) is 119 cm³/mol. The zero-order valence-corrected chi connectivity index (χ0v) is 17.7. The first kappa shape index (κ1) is 19.0. The van der Waals surface area contributed by atoms with E-state index < -0.39 is 28.6 Å². The highest BCUT2D eigenvalue weighted by molar-refractivity contribution is 6.24. The molecule has 2 atom stereocenters. The van der Waals surface area contributed by atoms with Gasteiger partial charge in [0.15, 0.2) is 0 Å². The first-order valence-corrected chi connectivity index (χ1v) is 10.7. The Morgan fingerprint density at radius 2 is 1.09 bits per heavy atom. The van der Waals surface area contributed by atoms with Gasteiger partial charge in [-0.1, -0.05) is 62.4 Å². The minimum atomic E-state index is -1.05. The Labute approximate surface area is 185 Å². The average molecular weight is 423 g/mol. The summed E-state index contributed by atoms with van der Waals surface area (Å²) in [5.41, 5.74) is 3.69. The number of carboxylic acids is 1. The monoisotopic (exact) mass is 423 g/mol. The fraction of sp³-hybridized carbons (Fsp3) is 0.222. The third kappa shape index (κ3) is 1.97. The topological polar surface area (TPSA) is 74.7 Å². The second kappa shape index (κ2) is 5.94. The van der Waals surface area contributed by atoms with Gasteiger partial charge in [0.05, 0.1) is 23.1 Å². The number of carbonyl (C=O) groups is 3.